The molecule has 1 heteroatoms. The molecule has 4 atom stereocenters. The Labute approximate surface area is 129 Å². The van der Waals surface area contributed by atoms with Crippen molar-refractivity contribution in [3.05, 3.63) is 23.3 Å². The SMILES string of the molecule is CC(C)C1=CCC2C(=C1)CCC1C(C)(C=O)CCCC21C. The average molecular weight is 286 g/mol. The standard InChI is InChI=1S/C20H30O/c1-14(2)15-6-8-17-16(12-15)7-9-18-19(3,13-21)10-5-11-20(17,18)4/h6,12-14,17-18H,5,7-11H2,1-4H3. The van der Waals surface area contributed by atoms with E-state index in [9.17, 15) is 4.79 Å². The van der Waals surface area contributed by atoms with Gasteiger partial charge in [-0.3, -0.25) is 0 Å². The third kappa shape index (κ3) is 2.24. The minimum atomic E-state index is -0.0828. The normalized spacial score (nSPS) is 42.7. The highest BCUT2D eigenvalue weighted by molar-refractivity contribution is 5.60. The molecule has 4 unspecified atom stereocenters. The summed E-state index contributed by atoms with van der Waals surface area (Å²) in [5.74, 6) is 1.89. The summed E-state index contributed by atoms with van der Waals surface area (Å²) < 4.78 is 0. The van der Waals surface area contributed by atoms with Crippen molar-refractivity contribution < 1.29 is 4.79 Å². The Morgan fingerprint density at radius 1 is 1.29 bits per heavy atom. The molecule has 0 amide bonds. The second kappa shape index (κ2) is 5.11. The second-order valence-electron chi connectivity index (χ2n) is 8.44. The molecule has 2 saturated carbocycles. The first kappa shape index (κ1) is 15.1. The van der Waals surface area contributed by atoms with E-state index in [2.05, 4.69) is 39.8 Å². The topological polar surface area (TPSA) is 17.1 Å². The van der Waals surface area contributed by atoms with Crippen molar-refractivity contribution in [1.29, 1.82) is 0 Å². The molecule has 0 aliphatic heterocycles. The Morgan fingerprint density at radius 3 is 2.71 bits per heavy atom. The van der Waals surface area contributed by atoms with Gasteiger partial charge in [-0.1, -0.05) is 51.8 Å². The van der Waals surface area contributed by atoms with Gasteiger partial charge in [0.25, 0.3) is 0 Å². The first-order valence-corrected chi connectivity index (χ1v) is 8.77. The fraction of sp³-hybridized carbons (Fsp3) is 0.750. The molecular weight excluding hydrogens is 256 g/mol. The Morgan fingerprint density at radius 2 is 2.05 bits per heavy atom. The summed E-state index contributed by atoms with van der Waals surface area (Å²) in [5, 5.41) is 0. The highest BCUT2D eigenvalue weighted by atomic mass is 16.1. The van der Waals surface area contributed by atoms with Gasteiger partial charge < -0.3 is 4.79 Å². The van der Waals surface area contributed by atoms with Gasteiger partial charge in [0, 0.05) is 5.41 Å². The maximum Gasteiger partial charge on any atom is 0.126 e. The summed E-state index contributed by atoms with van der Waals surface area (Å²) in [5.41, 5.74) is 3.45. The number of hydrogen-bond acceptors (Lipinski definition) is 1. The highest BCUT2D eigenvalue weighted by Crippen LogP contribution is 2.62. The molecule has 1 nitrogen and oxygen atoms in total. The van der Waals surface area contributed by atoms with E-state index in [4.69, 9.17) is 0 Å². The lowest BCUT2D eigenvalue weighted by Crippen LogP contribution is -2.51. The van der Waals surface area contributed by atoms with E-state index < -0.39 is 0 Å². The van der Waals surface area contributed by atoms with Crippen molar-refractivity contribution in [2.75, 3.05) is 0 Å². The summed E-state index contributed by atoms with van der Waals surface area (Å²) in [4.78, 5) is 11.8. The maximum absolute atomic E-state index is 11.8. The first-order valence-electron chi connectivity index (χ1n) is 8.77. The zero-order valence-corrected chi connectivity index (χ0v) is 14.1. The number of aldehydes is 1. The van der Waals surface area contributed by atoms with Gasteiger partial charge in [-0.25, -0.2) is 0 Å². The van der Waals surface area contributed by atoms with Gasteiger partial charge in [0.05, 0.1) is 0 Å². The van der Waals surface area contributed by atoms with Crippen molar-refractivity contribution >= 4 is 6.29 Å². The molecule has 3 aliphatic carbocycles. The minimum Gasteiger partial charge on any atom is -0.303 e. The van der Waals surface area contributed by atoms with E-state index in [0.717, 1.165) is 6.42 Å². The number of fused-ring (bicyclic) bond motifs is 3. The molecule has 0 aromatic heterocycles. The Kier molecular flexibility index (Phi) is 3.66. The predicted molar refractivity (Wildman–Crippen MR) is 88.0 cm³/mol. The van der Waals surface area contributed by atoms with Crippen molar-refractivity contribution in [2.24, 2.45) is 28.6 Å². The molecule has 0 bridgehead atoms. The van der Waals surface area contributed by atoms with Gasteiger partial charge in [0.2, 0.25) is 0 Å². The summed E-state index contributed by atoms with van der Waals surface area (Å²) in [6.45, 7) is 9.28. The maximum atomic E-state index is 11.8. The van der Waals surface area contributed by atoms with Gasteiger partial charge in [-0.2, -0.15) is 0 Å². The second-order valence-corrected chi connectivity index (χ2v) is 8.44. The van der Waals surface area contributed by atoms with Crippen LogP contribution in [-0.2, 0) is 4.79 Å². The molecule has 0 N–H and O–H groups in total. The van der Waals surface area contributed by atoms with Gasteiger partial charge in [-0.05, 0) is 60.8 Å². The largest absolute Gasteiger partial charge is 0.303 e. The molecule has 0 aromatic rings. The summed E-state index contributed by atoms with van der Waals surface area (Å²) >= 11 is 0. The predicted octanol–water partition coefficient (Wildman–Crippen LogP) is 5.32. The number of allylic oxidation sites excluding steroid dienone is 4. The van der Waals surface area contributed by atoms with E-state index in [-0.39, 0.29) is 5.41 Å². The lowest BCUT2D eigenvalue weighted by molar-refractivity contribution is -0.130. The Hall–Kier alpha value is -0.850. The minimum absolute atomic E-state index is 0.0828. The molecular formula is C20H30O. The van der Waals surface area contributed by atoms with Crippen LogP contribution in [0.15, 0.2) is 23.3 Å². The van der Waals surface area contributed by atoms with E-state index in [1.165, 1.54) is 44.0 Å². The van der Waals surface area contributed by atoms with Gasteiger partial charge in [-0.15, -0.1) is 0 Å². The van der Waals surface area contributed by atoms with Gasteiger partial charge in [0.1, 0.15) is 6.29 Å². The summed E-state index contributed by atoms with van der Waals surface area (Å²) in [6, 6.07) is 0. The fourth-order valence-electron chi connectivity index (χ4n) is 5.60. The molecule has 0 spiro atoms. The van der Waals surface area contributed by atoms with Crippen LogP contribution in [0.5, 0.6) is 0 Å². The molecule has 3 rings (SSSR count). The van der Waals surface area contributed by atoms with E-state index in [1.807, 2.05) is 0 Å². The third-order valence-electron chi connectivity index (χ3n) is 6.87. The zero-order valence-electron chi connectivity index (χ0n) is 14.1. The van der Waals surface area contributed by atoms with E-state index in [1.54, 1.807) is 5.57 Å². The smallest absolute Gasteiger partial charge is 0.126 e. The molecule has 0 radical (unpaired) electrons. The Bertz CT molecular complexity index is 498. The molecule has 116 valence electrons. The third-order valence-corrected chi connectivity index (χ3v) is 6.87. The lowest BCUT2D eigenvalue weighted by atomic mass is 9.46. The summed E-state index contributed by atoms with van der Waals surface area (Å²) in [6.07, 6.45) is 13.5. The highest BCUT2D eigenvalue weighted by Gasteiger charge is 2.54. The number of hydrogen-bond donors (Lipinski definition) is 0. The van der Waals surface area contributed by atoms with Crippen LogP contribution in [0.25, 0.3) is 0 Å². The number of rotatable bonds is 2. The lowest BCUT2D eigenvalue weighted by Gasteiger charge is -2.57. The molecule has 3 aliphatic rings. The molecule has 21 heavy (non-hydrogen) atoms. The van der Waals surface area contributed by atoms with Gasteiger partial charge in [0.15, 0.2) is 0 Å². The van der Waals surface area contributed by atoms with Crippen LogP contribution in [0.3, 0.4) is 0 Å². The van der Waals surface area contributed by atoms with Crippen LogP contribution < -0.4 is 0 Å². The van der Waals surface area contributed by atoms with Crippen molar-refractivity contribution in [2.45, 2.75) is 66.2 Å². The molecule has 2 fully saturated rings. The van der Waals surface area contributed by atoms with Crippen LogP contribution in [0.4, 0.5) is 0 Å². The average Bonchev–Trinajstić information content (AvgIpc) is 2.46. The van der Waals surface area contributed by atoms with E-state index >= 15 is 0 Å². The monoisotopic (exact) mass is 286 g/mol. The van der Waals surface area contributed by atoms with E-state index in [0.29, 0.717) is 23.2 Å². The van der Waals surface area contributed by atoms with Crippen molar-refractivity contribution in [1.82, 2.24) is 0 Å². The molecule has 0 saturated heterocycles. The molecule has 0 heterocycles. The first-order chi connectivity index (χ1) is 9.90. The fourth-order valence-corrected chi connectivity index (χ4v) is 5.60. The number of carbonyl (C=O) groups is 1. The van der Waals surface area contributed by atoms with Crippen LogP contribution in [0.1, 0.15) is 66.2 Å². The zero-order chi connectivity index (χ0) is 15.3. The quantitative estimate of drug-likeness (QED) is 0.628. The van der Waals surface area contributed by atoms with Gasteiger partial charge >= 0.3 is 0 Å². The van der Waals surface area contributed by atoms with Crippen LogP contribution in [0.2, 0.25) is 0 Å². The van der Waals surface area contributed by atoms with Crippen molar-refractivity contribution in [3.63, 3.8) is 0 Å². The number of carbonyl (C=O) groups excluding carboxylic acids is 1. The van der Waals surface area contributed by atoms with Crippen LogP contribution >= 0.6 is 0 Å². The van der Waals surface area contributed by atoms with Crippen LogP contribution in [-0.4, -0.2) is 6.29 Å². The Balaban J connectivity index is 1.94. The summed E-state index contributed by atoms with van der Waals surface area (Å²) in [7, 11) is 0. The van der Waals surface area contributed by atoms with Crippen molar-refractivity contribution in [3.8, 4) is 0 Å². The van der Waals surface area contributed by atoms with Crippen LogP contribution in [0, 0.1) is 28.6 Å². The molecule has 0 aromatic carbocycles.